The van der Waals surface area contributed by atoms with Crippen molar-refractivity contribution >= 4 is 167 Å². The molecule has 2 aliphatic rings. The summed E-state index contributed by atoms with van der Waals surface area (Å²) in [6.45, 7) is 15.7. The molecule has 1 aliphatic carbocycles. The summed E-state index contributed by atoms with van der Waals surface area (Å²) < 4.78 is 32.2. The van der Waals surface area contributed by atoms with E-state index in [2.05, 4.69) is 331 Å². The Morgan fingerprint density at radius 2 is 0.752 bits per heavy atom. The highest BCUT2D eigenvalue weighted by Crippen LogP contribution is 2.31. The molecule has 0 bridgehead atoms. The van der Waals surface area contributed by atoms with Crippen LogP contribution in [-0.2, 0) is 0 Å². The third-order valence-electron chi connectivity index (χ3n) is 19.7. The molecule has 0 radical (unpaired) electrons. The second-order valence-corrected chi connectivity index (χ2v) is 37.6. The molecule has 6 N–H and O–H groups in total. The van der Waals surface area contributed by atoms with Crippen molar-refractivity contribution in [3.63, 3.8) is 0 Å². The number of phenols is 1. The van der Waals surface area contributed by atoms with Gasteiger partial charge in [0.15, 0.2) is 0 Å². The Hall–Kier alpha value is -7.93. The second-order valence-electron chi connectivity index (χ2n) is 28.4. The number of methoxy groups -OCH3 is 2. The number of alkyl halides is 3. The van der Waals surface area contributed by atoms with E-state index in [0.29, 0.717) is 18.2 Å². The second kappa shape index (κ2) is 49.6. The van der Waals surface area contributed by atoms with E-state index in [1.165, 1.54) is 131 Å². The van der Waals surface area contributed by atoms with Crippen LogP contribution in [0.15, 0.2) is 273 Å². The Bertz CT molecular complexity index is 5340. The Balaban J connectivity index is 0.000000157. The zero-order chi connectivity index (χ0) is 83.4. The molecule has 13 nitrogen and oxygen atoms in total. The van der Waals surface area contributed by atoms with E-state index in [1.54, 1.807) is 26.4 Å². The SMILES string of the molecule is BrB(Br)Br.COc1ccc(-n2c(C)cc3ccccc32)cc1.COc1ccc(I)cc1.Cc1cc2ccccc2[nH]1.Cc1cc2ccccc2n1-c1ccc(O)cc1.Cc1cc2ccccc2n1-c1ccc(OCCCCl)cc1.Cc1cc2ccccc2n1-c1ccc(OCCCN2CCCC2)cc1.ClCCCBr.N[C@@H]1CCCC[C@H]1N. The monoisotopic (exact) mass is 1980 g/mol. The lowest BCUT2D eigenvalue weighted by molar-refractivity contribution is 0.263. The van der Waals surface area contributed by atoms with Gasteiger partial charge in [-0.25, -0.2) is 0 Å². The fraction of sp³-hybridized carbons (Fsp3) is 0.271. The molecule has 17 rings (SSSR count). The van der Waals surface area contributed by atoms with Crippen LogP contribution in [0.25, 0.3) is 77.3 Å². The summed E-state index contributed by atoms with van der Waals surface area (Å²) in [5.74, 6) is 5.33. The first-order valence-corrected chi connectivity index (χ1v) is 45.7. The number of hydrogen-bond donors (Lipinski definition) is 4. The molecule has 15 aromatic rings. The minimum absolute atomic E-state index is 0.271. The number of aromatic hydroxyl groups is 1. The lowest BCUT2D eigenvalue weighted by Gasteiger charge is -2.24. The van der Waals surface area contributed by atoms with Crippen molar-refractivity contribution in [1.29, 1.82) is 0 Å². The number of benzene rings is 10. The molecule has 1 saturated carbocycles. The Kier molecular flexibility index (Phi) is 39.4. The van der Waals surface area contributed by atoms with Gasteiger partial charge in [-0.15, -0.1) is 70.5 Å². The number of likely N-dealkylation sites (tertiary alicyclic amines) is 1. The van der Waals surface area contributed by atoms with Gasteiger partial charge in [0.1, 0.15) is 28.7 Å². The molecular formula is C96H108BBr4Cl2IN8O5. The normalized spacial score (nSPS) is 13.3. The van der Waals surface area contributed by atoms with Crippen LogP contribution in [0.1, 0.15) is 86.3 Å². The number of aryl methyl sites for hydroxylation is 5. The zero-order valence-corrected chi connectivity index (χ0v) is 77.9. The van der Waals surface area contributed by atoms with Crippen molar-refractivity contribution in [3.8, 4) is 51.5 Å². The average Bonchev–Trinajstić information content (AvgIpc) is 1.66. The summed E-state index contributed by atoms with van der Waals surface area (Å²) in [6.07, 6.45) is 10.5. The van der Waals surface area contributed by atoms with Crippen LogP contribution < -0.4 is 30.4 Å². The van der Waals surface area contributed by atoms with Gasteiger partial charge in [-0.1, -0.05) is 120 Å². The number of ether oxygens (including phenoxy) is 4. The van der Waals surface area contributed by atoms with E-state index in [-0.39, 0.29) is 15.3 Å². The van der Waals surface area contributed by atoms with Gasteiger partial charge in [-0.2, -0.15) is 0 Å². The first-order valence-electron chi connectivity index (χ1n) is 39.7. The van der Waals surface area contributed by atoms with Gasteiger partial charge < -0.3 is 63.7 Å². The Morgan fingerprint density at radius 3 is 1.09 bits per heavy atom. The van der Waals surface area contributed by atoms with Gasteiger partial charge >= 0.3 is 3.18 Å². The quantitative estimate of drug-likeness (QED) is 0.0305. The van der Waals surface area contributed by atoms with Crippen molar-refractivity contribution in [2.24, 2.45) is 11.5 Å². The van der Waals surface area contributed by atoms with Gasteiger partial charge in [-0.05, 0) is 303 Å². The molecule has 0 unspecified atom stereocenters. The molecular weight excluding hydrogens is 1870 g/mol. The van der Waals surface area contributed by atoms with Crippen LogP contribution in [-0.4, -0.2) is 113 Å². The summed E-state index contributed by atoms with van der Waals surface area (Å²) in [5, 5.41) is 16.7. The van der Waals surface area contributed by atoms with E-state index >= 15 is 0 Å². The lowest BCUT2D eigenvalue weighted by Crippen LogP contribution is -2.43. The summed E-state index contributed by atoms with van der Waals surface area (Å²) >= 11 is 25.7. The number of rotatable bonds is 17. The molecule has 1 saturated heterocycles. The van der Waals surface area contributed by atoms with Gasteiger partial charge in [0.05, 0.1) is 49.5 Å². The van der Waals surface area contributed by atoms with Crippen molar-refractivity contribution in [2.45, 2.75) is 104 Å². The molecule has 6 heterocycles. The number of nitrogens with two attached hydrogens (primary N) is 2. The first kappa shape index (κ1) is 92.9. The van der Waals surface area contributed by atoms with Crippen LogP contribution in [0.3, 0.4) is 0 Å². The third-order valence-corrected chi connectivity index (χ3v) is 21.5. The molecule has 0 spiro atoms. The zero-order valence-electron chi connectivity index (χ0n) is 67.9. The van der Waals surface area contributed by atoms with Gasteiger partial charge in [0, 0.05) is 118 Å². The van der Waals surface area contributed by atoms with E-state index in [0.717, 1.165) is 96.5 Å². The van der Waals surface area contributed by atoms with Crippen molar-refractivity contribution in [2.75, 3.05) is 64.2 Å². The smallest absolute Gasteiger partial charge is 0.369 e. The van der Waals surface area contributed by atoms with Gasteiger partial charge in [-0.3, -0.25) is 0 Å². The molecule has 614 valence electrons. The number of nitrogens with one attached hydrogen (secondary N) is 1. The van der Waals surface area contributed by atoms with Crippen LogP contribution in [0, 0.1) is 38.2 Å². The van der Waals surface area contributed by atoms with Crippen molar-refractivity contribution < 1.29 is 24.1 Å². The van der Waals surface area contributed by atoms with E-state index in [4.69, 9.17) is 53.6 Å². The Morgan fingerprint density at radius 1 is 0.427 bits per heavy atom. The third kappa shape index (κ3) is 28.9. The lowest BCUT2D eigenvalue weighted by atomic mass is 9.92. The molecule has 5 aromatic heterocycles. The minimum atomic E-state index is 0.271. The maximum absolute atomic E-state index is 9.33. The molecule has 2 atom stereocenters. The van der Waals surface area contributed by atoms with Gasteiger partial charge in [0.2, 0.25) is 0 Å². The summed E-state index contributed by atoms with van der Waals surface area (Å²) in [7, 11) is 3.35. The van der Waals surface area contributed by atoms with Crippen LogP contribution >= 0.6 is 109 Å². The highest BCUT2D eigenvalue weighted by atomic mass is 127. The first-order chi connectivity index (χ1) is 56.8. The van der Waals surface area contributed by atoms with E-state index in [9.17, 15) is 5.11 Å². The summed E-state index contributed by atoms with van der Waals surface area (Å²) in [4.78, 5) is 5.79. The van der Waals surface area contributed by atoms with Crippen LogP contribution in [0.5, 0.6) is 28.7 Å². The molecule has 0 amide bonds. The number of hydrogen-bond acceptors (Lipinski definition) is 8. The summed E-state index contributed by atoms with van der Waals surface area (Å²) in [5.41, 5.74) is 28.1. The topological polar surface area (TPSA) is 148 Å². The largest absolute Gasteiger partial charge is 0.508 e. The number of phenolic OH excluding ortho intramolecular Hbond substituents is 1. The van der Waals surface area contributed by atoms with E-state index in [1.807, 2.05) is 78.9 Å². The number of fused-ring (bicyclic) bond motifs is 5. The maximum Gasteiger partial charge on any atom is 0.369 e. The number of nitrogens with zero attached hydrogens (tertiary/aromatic N) is 5. The molecule has 117 heavy (non-hydrogen) atoms. The van der Waals surface area contributed by atoms with E-state index < -0.39 is 0 Å². The highest BCUT2D eigenvalue weighted by molar-refractivity contribution is 14.1. The number of halogens is 7. The average molecular weight is 1980 g/mol. The van der Waals surface area contributed by atoms with Crippen molar-refractivity contribution in [3.05, 3.63) is 305 Å². The van der Waals surface area contributed by atoms with Crippen molar-refractivity contribution in [1.82, 2.24) is 28.2 Å². The molecule has 21 heteroatoms. The number of aromatic amines is 1. The fourth-order valence-electron chi connectivity index (χ4n) is 14.0. The fourth-order valence-corrected chi connectivity index (χ4v) is 15.2. The Labute approximate surface area is 748 Å². The number of aromatic nitrogens is 5. The van der Waals surface area contributed by atoms with Crippen LogP contribution in [0.4, 0.5) is 0 Å². The standard InChI is InChI=1S/C22H26N2O.C18H18ClNO.C16H15NO.C15H13NO.C9H9N.C7H7IO.C6H14N2.C3H6BrCl.BBr3/c1-18-17-19-7-2-3-8-22(19)24(18)20-9-11-21(12-10-20)25-16-6-15-23-13-4-5-14-23;1-14-13-15-5-2-3-6-18(15)20(14)16-7-9-17(10-8-16)21-12-4-11-19;1-12-11-13-5-3-4-6-16(13)17(12)14-7-9-15(18-2)10-8-14;1-11-10-12-4-2-3-5-15(12)16(11)13-6-8-14(17)9-7-13;1-7-6-8-4-2-3-5-9(8)10-7;1-9-7-4-2-6(8)3-5-7;7-5-3-1-2-4-6(5)8;4-2-1-3-5;2-1(3)4/h2-3,7-12,17H,4-6,13-16H2,1H3;2-3,5-10,13H,4,11-12H2,1H3;3-11H,1-2H3;2-10,17H,1H3;2-6,10H,1H3;2-5H,1H3;5-6H,1-4,7-8H2;1-3H2;/t;;;;;;5-,6-;;/m......1../s1. The molecule has 10 aromatic carbocycles. The van der Waals surface area contributed by atoms with Crippen LogP contribution in [0.2, 0.25) is 0 Å². The predicted octanol–water partition coefficient (Wildman–Crippen LogP) is 26.5. The summed E-state index contributed by atoms with van der Waals surface area (Å²) in [6, 6.07) is 93.5. The predicted molar refractivity (Wildman–Crippen MR) is 522 cm³/mol. The number of H-pyrrole nitrogens is 1. The molecule has 1 aliphatic heterocycles. The number of para-hydroxylation sites is 5. The minimum Gasteiger partial charge on any atom is -0.508 e. The molecule has 2 fully saturated rings. The highest BCUT2D eigenvalue weighted by Gasteiger charge is 2.17. The van der Waals surface area contributed by atoms with Gasteiger partial charge in [0.25, 0.3) is 0 Å². The maximum atomic E-state index is 9.33.